The lowest BCUT2D eigenvalue weighted by atomic mass is 10.2. The van der Waals surface area contributed by atoms with Crippen molar-refractivity contribution >= 4 is 50.2 Å². The van der Waals surface area contributed by atoms with Gasteiger partial charge in [-0.2, -0.15) is 9.41 Å². The van der Waals surface area contributed by atoms with Gasteiger partial charge in [0.25, 0.3) is 0 Å². The lowest BCUT2D eigenvalue weighted by Crippen LogP contribution is -2.32. The summed E-state index contributed by atoms with van der Waals surface area (Å²) in [4.78, 5) is 0.286. The van der Waals surface area contributed by atoms with Crippen molar-refractivity contribution in [3.63, 3.8) is 0 Å². The zero-order chi connectivity index (χ0) is 25.4. The molecule has 0 amide bonds. The van der Waals surface area contributed by atoms with Crippen LogP contribution in [-0.4, -0.2) is 48.3 Å². The van der Waals surface area contributed by atoms with Crippen LogP contribution in [0.2, 0.25) is 0 Å². The Morgan fingerprint density at radius 1 is 1.11 bits per heavy atom. The molecule has 8 nitrogen and oxygen atoms in total. The van der Waals surface area contributed by atoms with Crippen molar-refractivity contribution in [3.8, 4) is 5.75 Å². The summed E-state index contributed by atoms with van der Waals surface area (Å²) in [6, 6.07) is 12.7. The molecule has 0 radical (unpaired) electrons. The van der Waals surface area contributed by atoms with E-state index < -0.39 is 10.0 Å². The van der Waals surface area contributed by atoms with Gasteiger partial charge in [-0.25, -0.2) is 8.42 Å². The molecule has 2 N–H and O–H groups in total. The van der Waals surface area contributed by atoms with Crippen molar-refractivity contribution in [2.24, 2.45) is 12.1 Å². The second-order valence-corrected chi connectivity index (χ2v) is 10.4. The van der Waals surface area contributed by atoms with Gasteiger partial charge in [-0.3, -0.25) is 5.43 Å². The summed E-state index contributed by atoms with van der Waals surface area (Å²) < 4.78 is 35.4. The second-order valence-electron chi connectivity index (χ2n) is 8.06. The largest absolute Gasteiger partial charge is 0.494 e. The number of benzene rings is 2. The molecule has 0 aliphatic rings. The van der Waals surface area contributed by atoms with Crippen LogP contribution in [0.15, 0.2) is 58.7 Å². The molecule has 188 valence electrons. The lowest BCUT2D eigenvalue weighted by molar-refractivity contribution is 0.340. The highest BCUT2D eigenvalue weighted by atomic mass is 32.2. The van der Waals surface area contributed by atoms with Gasteiger partial charge in [-0.05, 0) is 74.4 Å². The number of thiocarbonyl (C=S) groups is 1. The maximum atomic E-state index is 13.2. The predicted octanol–water partition coefficient (Wildman–Crippen LogP) is 4.71. The molecule has 2 aromatic carbocycles. The van der Waals surface area contributed by atoms with Gasteiger partial charge in [-0.15, -0.1) is 0 Å². The van der Waals surface area contributed by atoms with Crippen LogP contribution in [0.3, 0.4) is 0 Å². The Labute approximate surface area is 213 Å². The van der Waals surface area contributed by atoms with E-state index in [1.165, 1.54) is 0 Å². The molecule has 0 atom stereocenters. The van der Waals surface area contributed by atoms with Crippen molar-refractivity contribution in [2.75, 3.05) is 25.0 Å². The maximum absolute atomic E-state index is 13.2. The zero-order valence-corrected chi connectivity index (χ0v) is 22.2. The van der Waals surface area contributed by atoms with Crippen LogP contribution in [0, 0.1) is 0 Å². The summed E-state index contributed by atoms with van der Waals surface area (Å²) in [7, 11) is -1.66. The lowest BCUT2D eigenvalue weighted by Gasteiger charge is -2.21. The van der Waals surface area contributed by atoms with E-state index in [2.05, 4.69) is 15.8 Å². The van der Waals surface area contributed by atoms with Gasteiger partial charge >= 0.3 is 0 Å². The van der Waals surface area contributed by atoms with E-state index in [1.54, 1.807) is 22.7 Å². The van der Waals surface area contributed by atoms with Crippen LogP contribution in [0.5, 0.6) is 5.75 Å². The van der Waals surface area contributed by atoms with Gasteiger partial charge in [0.15, 0.2) is 5.11 Å². The number of hydrogen-bond acceptors (Lipinski definition) is 5. The molecule has 3 rings (SSSR count). The van der Waals surface area contributed by atoms with Gasteiger partial charge in [0.05, 0.1) is 17.7 Å². The van der Waals surface area contributed by atoms with Crippen molar-refractivity contribution < 1.29 is 13.2 Å². The van der Waals surface area contributed by atoms with Crippen molar-refractivity contribution in [2.45, 2.75) is 38.5 Å². The molecule has 0 unspecified atom stereocenters. The Morgan fingerprint density at radius 2 is 1.80 bits per heavy atom. The first kappa shape index (κ1) is 26.7. The Kier molecular flexibility index (Phi) is 9.25. The molecule has 1 heterocycles. The predicted molar refractivity (Wildman–Crippen MR) is 147 cm³/mol. The summed E-state index contributed by atoms with van der Waals surface area (Å²) in [6.07, 6.45) is 5.08. The summed E-state index contributed by atoms with van der Waals surface area (Å²) in [5.74, 6) is 0.791. The van der Waals surface area contributed by atoms with E-state index in [1.807, 2.05) is 68.9 Å². The minimum atomic E-state index is -3.58. The van der Waals surface area contributed by atoms with E-state index in [0.29, 0.717) is 24.8 Å². The third-order valence-electron chi connectivity index (χ3n) is 5.37. The standard InChI is InChI=1S/C25H33N5O3S2/c1-5-14-30(15-6-2)35(31,32)22-12-13-24-23(16-22)19(18-29(24)4)17-26-28-25(34)27-20-8-10-21(11-9-20)33-7-3/h8-13,16-18H,5-7,14-15H2,1-4H3,(H2,27,28,34)/b26-17-. The number of nitrogens with zero attached hydrogens (tertiary/aromatic N) is 3. The summed E-state index contributed by atoms with van der Waals surface area (Å²) >= 11 is 5.33. The first-order valence-corrected chi connectivity index (χ1v) is 13.6. The van der Waals surface area contributed by atoms with Crippen molar-refractivity contribution in [1.29, 1.82) is 0 Å². The van der Waals surface area contributed by atoms with Gasteiger partial charge in [0, 0.05) is 48.5 Å². The number of nitrogens with one attached hydrogen (secondary N) is 2. The van der Waals surface area contributed by atoms with Gasteiger partial charge in [0.2, 0.25) is 10.0 Å². The van der Waals surface area contributed by atoms with Crippen LogP contribution in [-0.2, 0) is 17.1 Å². The van der Waals surface area contributed by atoms with Gasteiger partial charge in [-0.1, -0.05) is 13.8 Å². The number of aryl methyl sites for hydroxylation is 1. The normalized spacial score (nSPS) is 11.9. The number of ether oxygens (including phenoxy) is 1. The molecule has 0 bridgehead atoms. The number of aromatic nitrogens is 1. The molecule has 0 aliphatic carbocycles. The third kappa shape index (κ3) is 6.59. The summed E-state index contributed by atoms with van der Waals surface area (Å²) in [5.41, 5.74) is 5.32. The molecular formula is C25H33N5O3S2. The van der Waals surface area contributed by atoms with E-state index in [4.69, 9.17) is 17.0 Å². The molecule has 10 heteroatoms. The molecule has 0 spiro atoms. The van der Waals surface area contributed by atoms with E-state index in [9.17, 15) is 8.42 Å². The number of anilines is 1. The van der Waals surface area contributed by atoms with Crippen LogP contribution in [0.25, 0.3) is 10.9 Å². The molecule has 1 aromatic heterocycles. The minimum absolute atomic E-state index is 0.286. The second kappa shape index (κ2) is 12.1. The number of rotatable bonds is 11. The Morgan fingerprint density at radius 3 is 2.43 bits per heavy atom. The summed E-state index contributed by atoms with van der Waals surface area (Å²) in [6.45, 7) is 7.51. The number of sulfonamides is 1. The third-order valence-corrected chi connectivity index (χ3v) is 7.46. The highest BCUT2D eigenvalue weighted by Crippen LogP contribution is 2.25. The number of fused-ring (bicyclic) bond motifs is 1. The molecule has 0 aliphatic heterocycles. The quantitative estimate of drug-likeness (QED) is 0.219. The minimum Gasteiger partial charge on any atom is -0.494 e. The highest BCUT2D eigenvalue weighted by molar-refractivity contribution is 7.89. The molecule has 0 saturated carbocycles. The zero-order valence-electron chi connectivity index (χ0n) is 20.6. The van der Waals surface area contributed by atoms with Crippen LogP contribution < -0.4 is 15.5 Å². The molecule has 0 fully saturated rings. The van der Waals surface area contributed by atoms with Crippen LogP contribution >= 0.6 is 12.2 Å². The molecule has 35 heavy (non-hydrogen) atoms. The Bertz CT molecular complexity index is 1280. The number of hydrazone groups is 1. The highest BCUT2D eigenvalue weighted by Gasteiger charge is 2.24. The maximum Gasteiger partial charge on any atom is 0.243 e. The first-order chi connectivity index (χ1) is 16.8. The fourth-order valence-corrected chi connectivity index (χ4v) is 5.61. The van der Waals surface area contributed by atoms with Gasteiger partial charge in [0.1, 0.15) is 5.75 Å². The van der Waals surface area contributed by atoms with E-state index >= 15 is 0 Å². The fourth-order valence-electron chi connectivity index (χ4n) is 3.79. The SMILES string of the molecule is CCCN(CCC)S(=O)(=O)c1ccc2c(c1)c(/C=N\NC(=S)Nc1ccc(OCC)cc1)cn2C. The topological polar surface area (TPSA) is 88.0 Å². The van der Waals surface area contributed by atoms with Crippen LogP contribution in [0.1, 0.15) is 39.2 Å². The first-order valence-electron chi connectivity index (χ1n) is 11.7. The Balaban J connectivity index is 1.77. The molecule has 0 saturated heterocycles. The van der Waals surface area contributed by atoms with Crippen molar-refractivity contribution in [1.82, 2.24) is 14.3 Å². The molecule has 3 aromatic rings. The average Bonchev–Trinajstić information content (AvgIpc) is 3.15. The monoisotopic (exact) mass is 515 g/mol. The van der Waals surface area contributed by atoms with Crippen LogP contribution in [0.4, 0.5) is 5.69 Å². The van der Waals surface area contributed by atoms with E-state index in [-0.39, 0.29) is 4.90 Å². The fraction of sp³-hybridized carbons (Fsp3) is 0.360. The Hall–Kier alpha value is -2.95. The van der Waals surface area contributed by atoms with Gasteiger partial charge < -0.3 is 14.6 Å². The average molecular weight is 516 g/mol. The smallest absolute Gasteiger partial charge is 0.243 e. The summed E-state index contributed by atoms with van der Waals surface area (Å²) in [5, 5.41) is 8.46. The number of hydrogen-bond donors (Lipinski definition) is 2. The molecular weight excluding hydrogens is 482 g/mol. The van der Waals surface area contributed by atoms with E-state index in [0.717, 1.165) is 40.7 Å². The van der Waals surface area contributed by atoms with Crippen molar-refractivity contribution in [3.05, 3.63) is 54.2 Å².